The smallest absolute Gasteiger partial charge is 0.355 e. The number of aryl methyl sites for hydroxylation is 1. The second-order valence-corrected chi connectivity index (χ2v) is 11.3. The highest BCUT2D eigenvalue weighted by atomic mass is 35.5. The van der Waals surface area contributed by atoms with E-state index in [1.165, 1.54) is 36.1 Å². The number of hydrogen-bond donors (Lipinski definition) is 1. The Morgan fingerprint density at radius 1 is 1.00 bits per heavy atom. The molecule has 0 bridgehead atoms. The molecule has 0 fully saturated rings. The molecule has 0 aliphatic rings. The zero-order valence-corrected chi connectivity index (χ0v) is 23.6. The molecular formula is C28H29ClF3N3O4S. The van der Waals surface area contributed by atoms with Gasteiger partial charge in [0.25, 0.3) is 10.0 Å². The molecule has 0 saturated carbocycles. The molecule has 7 nitrogen and oxygen atoms in total. The van der Waals surface area contributed by atoms with E-state index in [-0.39, 0.29) is 11.4 Å². The number of amides is 2. The van der Waals surface area contributed by atoms with Crippen LogP contribution >= 0.6 is 11.6 Å². The predicted octanol–water partition coefficient (Wildman–Crippen LogP) is 5.42. The lowest BCUT2D eigenvalue weighted by atomic mass is 10.1. The van der Waals surface area contributed by atoms with E-state index in [4.69, 9.17) is 11.6 Å². The van der Waals surface area contributed by atoms with Gasteiger partial charge in [0.15, 0.2) is 0 Å². The average Bonchev–Trinajstić information content (AvgIpc) is 2.91. The molecule has 0 aromatic heterocycles. The third-order valence-corrected chi connectivity index (χ3v) is 8.26. The van der Waals surface area contributed by atoms with E-state index in [0.29, 0.717) is 22.5 Å². The van der Waals surface area contributed by atoms with E-state index in [2.05, 4.69) is 5.32 Å². The van der Waals surface area contributed by atoms with Crippen molar-refractivity contribution in [2.45, 2.75) is 44.4 Å². The zero-order valence-electron chi connectivity index (χ0n) is 22.1. The summed E-state index contributed by atoms with van der Waals surface area (Å²) >= 11 is 5.77. The first-order valence-electron chi connectivity index (χ1n) is 12.3. The van der Waals surface area contributed by atoms with Crippen LogP contribution in [0, 0.1) is 6.92 Å². The fourth-order valence-electron chi connectivity index (χ4n) is 3.93. The summed E-state index contributed by atoms with van der Waals surface area (Å²) in [4.78, 5) is 27.5. The van der Waals surface area contributed by atoms with E-state index in [0.717, 1.165) is 17.7 Å². The highest BCUT2D eigenvalue weighted by molar-refractivity contribution is 7.92. The summed E-state index contributed by atoms with van der Waals surface area (Å²) in [5.74, 6) is -1.26. The van der Waals surface area contributed by atoms with Crippen LogP contribution in [0.1, 0.15) is 30.5 Å². The van der Waals surface area contributed by atoms with Gasteiger partial charge in [-0.15, -0.1) is 0 Å². The van der Waals surface area contributed by atoms with Gasteiger partial charge in [-0.3, -0.25) is 13.9 Å². The van der Waals surface area contributed by atoms with Crippen LogP contribution in [0.4, 0.5) is 18.9 Å². The third-order valence-electron chi connectivity index (χ3n) is 6.15. The van der Waals surface area contributed by atoms with Crippen molar-refractivity contribution in [2.75, 3.05) is 17.4 Å². The van der Waals surface area contributed by atoms with Crippen LogP contribution in [-0.4, -0.2) is 44.3 Å². The first-order chi connectivity index (χ1) is 18.8. The van der Waals surface area contributed by atoms with Gasteiger partial charge in [0.05, 0.1) is 21.2 Å². The molecule has 3 rings (SSSR count). The van der Waals surface area contributed by atoms with Crippen molar-refractivity contribution in [1.82, 2.24) is 10.2 Å². The molecule has 1 N–H and O–H groups in total. The van der Waals surface area contributed by atoms with Crippen LogP contribution in [-0.2, 0) is 32.3 Å². The van der Waals surface area contributed by atoms with Crippen molar-refractivity contribution in [3.63, 3.8) is 0 Å². The standard InChI is InChI=1S/C28H29ClF3N3O4S/c1-4-33-27(37)20(3)34(17-21-12-10-19(2)11-13-21)26(36)18-35(40(38,39)23-8-6-5-7-9-23)22-14-15-25(29)24(16-22)28(30,31)32/h5-16,20H,4,17-18H2,1-3H3,(H,33,37)/t20-/m1/s1. The Labute approximate surface area is 236 Å². The quantitative estimate of drug-likeness (QED) is 0.339. The summed E-state index contributed by atoms with van der Waals surface area (Å²) in [6, 6.07) is 15.8. The Balaban J connectivity index is 2.10. The van der Waals surface area contributed by atoms with Crippen molar-refractivity contribution >= 4 is 39.1 Å². The lowest BCUT2D eigenvalue weighted by Gasteiger charge is -2.32. The molecule has 12 heteroatoms. The molecule has 0 unspecified atom stereocenters. The minimum absolute atomic E-state index is 0.0366. The van der Waals surface area contributed by atoms with Crippen molar-refractivity contribution < 1.29 is 31.2 Å². The number of nitrogens with one attached hydrogen (secondary N) is 1. The molecule has 40 heavy (non-hydrogen) atoms. The summed E-state index contributed by atoms with van der Waals surface area (Å²) in [5.41, 5.74) is -0.00499. The Bertz CT molecular complexity index is 1450. The number of likely N-dealkylation sites (N-methyl/N-ethyl adjacent to an activating group) is 1. The Kier molecular flexibility index (Phi) is 9.86. The number of hydrogen-bond acceptors (Lipinski definition) is 4. The number of carbonyl (C=O) groups excluding carboxylic acids is 2. The third kappa shape index (κ3) is 7.33. The Hall–Kier alpha value is -3.57. The molecule has 3 aromatic carbocycles. The second-order valence-electron chi connectivity index (χ2n) is 9.06. The summed E-state index contributed by atoms with van der Waals surface area (Å²) in [5, 5.41) is 2.02. The number of halogens is 4. The molecule has 0 saturated heterocycles. The van der Waals surface area contributed by atoms with E-state index in [1.54, 1.807) is 25.1 Å². The van der Waals surface area contributed by atoms with Gasteiger partial charge >= 0.3 is 6.18 Å². The van der Waals surface area contributed by atoms with E-state index in [9.17, 15) is 31.2 Å². The van der Waals surface area contributed by atoms with Crippen molar-refractivity contribution in [3.05, 3.63) is 94.5 Å². The minimum Gasteiger partial charge on any atom is -0.355 e. The number of sulfonamides is 1. The van der Waals surface area contributed by atoms with Crippen LogP contribution in [0.15, 0.2) is 77.7 Å². The van der Waals surface area contributed by atoms with E-state index >= 15 is 0 Å². The van der Waals surface area contributed by atoms with Crippen LogP contribution in [0.2, 0.25) is 5.02 Å². The Morgan fingerprint density at radius 2 is 1.62 bits per heavy atom. The summed E-state index contributed by atoms with van der Waals surface area (Å²) in [6.07, 6.45) is -4.87. The first-order valence-corrected chi connectivity index (χ1v) is 14.1. The van der Waals surface area contributed by atoms with Gasteiger partial charge in [0, 0.05) is 13.1 Å². The second kappa shape index (κ2) is 12.7. The molecule has 214 valence electrons. The molecule has 1 atom stereocenters. The topological polar surface area (TPSA) is 86.8 Å². The fraction of sp³-hybridized carbons (Fsp3) is 0.286. The predicted molar refractivity (Wildman–Crippen MR) is 147 cm³/mol. The molecular weight excluding hydrogens is 567 g/mol. The molecule has 0 spiro atoms. The van der Waals surface area contributed by atoms with Gasteiger partial charge in [0.1, 0.15) is 12.6 Å². The summed E-state index contributed by atoms with van der Waals surface area (Å²) < 4.78 is 69.0. The summed E-state index contributed by atoms with van der Waals surface area (Å²) in [6.45, 7) is 4.49. The van der Waals surface area contributed by atoms with Gasteiger partial charge < -0.3 is 10.2 Å². The lowest BCUT2D eigenvalue weighted by Crippen LogP contribution is -2.51. The average molecular weight is 596 g/mol. The maximum atomic E-state index is 13.8. The van der Waals surface area contributed by atoms with Crippen LogP contribution in [0.5, 0.6) is 0 Å². The molecule has 0 radical (unpaired) electrons. The highest BCUT2D eigenvalue weighted by Gasteiger charge is 2.36. The van der Waals surface area contributed by atoms with Gasteiger partial charge in [-0.2, -0.15) is 13.2 Å². The maximum absolute atomic E-state index is 13.8. The van der Waals surface area contributed by atoms with Crippen molar-refractivity contribution in [3.8, 4) is 0 Å². The van der Waals surface area contributed by atoms with Crippen LogP contribution in [0.25, 0.3) is 0 Å². The maximum Gasteiger partial charge on any atom is 0.417 e. The van der Waals surface area contributed by atoms with Crippen molar-refractivity contribution in [2.24, 2.45) is 0 Å². The molecule has 0 aliphatic heterocycles. The number of benzene rings is 3. The van der Waals surface area contributed by atoms with Crippen molar-refractivity contribution in [1.29, 1.82) is 0 Å². The Morgan fingerprint density at radius 3 is 2.20 bits per heavy atom. The molecule has 3 aromatic rings. The van der Waals surface area contributed by atoms with E-state index < -0.39 is 56.9 Å². The first kappa shape index (κ1) is 31.0. The van der Waals surface area contributed by atoms with Gasteiger partial charge in [-0.1, -0.05) is 59.6 Å². The van der Waals surface area contributed by atoms with Crippen LogP contribution in [0.3, 0.4) is 0 Å². The fourth-order valence-corrected chi connectivity index (χ4v) is 5.58. The number of anilines is 1. The minimum atomic E-state index is -4.87. The number of carbonyl (C=O) groups is 2. The number of alkyl halides is 3. The number of nitrogens with zero attached hydrogens (tertiary/aromatic N) is 2. The molecule has 0 heterocycles. The normalized spacial score (nSPS) is 12.5. The highest BCUT2D eigenvalue weighted by Crippen LogP contribution is 2.38. The number of rotatable bonds is 10. The van der Waals surface area contributed by atoms with Gasteiger partial charge in [0.2, 0.25) is 11.8 Å². The molecule has 2 amide bonds. The molecule has 0 aliphatic carbocycles. The monoisotopic (exact) mass is 595 g/mol. The zero-order chi connectivity index (χ0) is 29.7. The SMILES string of the molecule is CCNC(=O)[C@@H](C)N(Cc1ccc(C)cc1)C(=O)CN(c1ccc(Cl)c(C(F)(F)F)c1)S(=O)(=O)c1ccccc1. The van der Waals surface area contributed by atoms with E-state index in [1.807, 2.05) is 19.1 Å². The summed E-state index contributed by atoms with van der Waals surface area (Å²) in [7, 11) is -4.52. The largest absolute Gasteiger partial charge is 0.417 e. The van der Waals surface area contributed by atoms with Gasteiger partial charge in [-0.05, 0) is 56.7 Å². The lowest BCUT2D eigenvalue weighted by molar-refractivity contribution is -0.139. The van der Waals surface area contributed by atoms with Gasteiger partial charge in [-0.25, -0.2) is 8.42 Å². The van der Waals surface area contributed by atoms with Crippen LogP contribution < -0.4 is 9.62 Å².